The van der Waals surface area contributed by atoms with Crippen LogP contribution in [0.15, 0.2) is 101 Å². The number of fused-ring (bicyclic) bond motifs is 1. The van der Waals surface area contributed by atoms with Crippen molar-refractivity contribution >= 4 is 21.6 Å². The summed E-state index contributed by atoms with van der Waals surface area (Å²) in [6, 6.07) is 23.5. The molecule has 0 bridgehead atoms. The fraction of sp³-hybridized carbons (Fsp3) is 0.312. The smallest absolute Gasteiger partial charge is 0.328 e. The molecule has 0 radical (unpaired) electrons. The summed E-state index contributed by atoms with van der Waals surface area (Å²) in [6.07, 6.45) is 2.61. The van der Waals surface area contributed by atoms with Crippen molar-refractivity contribution in [1.82, 2.24) is 5.32 Å². The molecule has 0 spiro atoms. The van der Waals surface area contributed by atoms with Crippen molar-refractivity contribution < 1.29 is 22.7 Å². The number of hydrogen-bond acceptors (Lipinski definition) is 7. The molecule has 3 aromatic carbocycles. The molecule has 7 nitrogen and oxygen atoms in total. The van der Waals surface area contributed by atoms with Crippen LogP contribution in [0.5, 0.6) is 0 Å². The number of rotatable bonds is 9. The Hall–Kier alpha value is -3.75. The highest BCUT2D eigenvalue weighted by atomic mass is 32.2. The molecule has 210 valence electrons. The van der Waals surface area contributed by atoms with Crippen molar-refractivity contribution in [2.45, 2.75) is 62.6 Å². The van der Waals surface area contributed by atoms with E-state index in [1.54, 1.807) is 39.0 Å². The van der Waals surface area contributed by atoms with Crippen LogP contribution in [0.2, 0.25) is 0 Å². The lowest BCUT2D eigenvalue weighted by molar-refractivity contribution is -0.158. The zero-order valence-corrected chi connectivity index (χ0v) is 23.9. The van der Waals surface area contributed by atoms with Crippen molar-refractivity contribution in [1.29, 1.82) is 0 Å². The molecule has 3 aromatic rings. The van der Waals surface area contributed by atoms with Crippen LogP contribution in [0.25, 0.3) is 0 Å². The van der Waals surface area contributed by atoms with Crippen LogP contribution in [0, 0.1) is 5.92 Å². The second-order valence-corrected chi connectivity index (χ2v) is 13.0. The molecule has 1 aliphatic rings. The highest BCUT2D eigenvalue weighted by molar-refractivity contribution is 7.95. The van der Waals surface area contributed by atoms with E-state index in [0.29, 0.717) is 19.3 Å². The van der Waals surface area contributed by atoms with E-state index in [2.05, 4.69) is 5.32 Å². The number of carbonyl (C=O) groups is 2. The fourth-order valence-electron chi connectivity index (χ4n) is 4.87. The summed E-state index contributed by atoms with van der Waals surface area (Å²) in [5, 5.41) is 2.84. The maximum atomic E-state index is 14.1. The summed E-state index contributed by atoms with van der Waals surface area (Å²) in [7, 11) is -3.98. The summed E-state index contributed by atoms with van der Waals surface area (Å²) in [5.74, 6) is -1.51. The number of ketones is 1. The van der Waals surface area contributed by atoms with Crippen LogP contribution in [0.4, 0.5) is 0 Å². The molecule has 3 atom stereocenters. The Kier molecular flexibility index (Phi) is 8.91. The van der Waals surface area contributed by atoms with Gasteiger partial charge >= 0.3 is 5.97 Å². The summed E-state index contributed by atoms with van der Waals surface area (Å²) in [4.78, 5) is 27.3. The van der Waals surface area contributed by atoms with Crippen LogP contribution in [-0.2, 0) is 37.0 Å². The number of esters is 1. The lowest BCUT2D eigenvalue weighted by Crippen LogP contribution is -2.50. The number of sulfone groups is 1. The van der Waals surface area contributed by atoms with Crippen molar-refractivity contribution in [3.8, 4) is 0 Å². The monoisotopic (exact) mass is 560 g/mol. The average molecular weight is 561 g/mol. The van der Waals surface area contributed by atoms with Gasteiger partial charge in [-0.05, 0) is 74.9 Å². The number of ether oxygens (including phenoxy) is 1. The number of hydrogen-bond donors (Lipinski definition) is 2. The normalized spacial score (nSPS) is 18.4. The van der Waals surface area contributed by atoms with E-state index in [1.165, 1.54) is 18.2 Å². The molecular formula is C32H36N2O5S. The Morgan fingerprint density at radius 1 is 0.975 bits per heavy atom. The van der Waals surface area contributed by atoms with Gasteiger partial charge in [0.05, 0.1) is 10.9 Å². The molecular weight excluding hydrogens is 524 g/mol. The van der Waals surface area contributed by atoms with E-state index < -0.39 is 39.4 Å². The molecule has 4 rings (SSSR count). The van der Waals surface area contributed by atoms with E-state index in [0.717, 1.165) is 16.7 Å². The van der Waals surface area contributed by atoms with Gasteiger partial charge in [-0.15, -0.1) is 0 Å². The van der Waals surface area contributed by atoms with Crippen LogP contribution in [-0.4, -0.2) is 31.8 Å². The van der Waals surface area contributed by atoms with Gasteiger partial charge in [0.25, 0.3) is 0 Å². The third-order valence-corrected chi connectivity index (χ3v) is 8.47. The average Bonchev–Trinajstić information content (AvgIpc) is 2.94. The standard InChI is InChI=1S/C32H36N2O5S/c1-32(2,3)39-31(36)29-26-17-11-10-14-23(26)20-27(34-29)30(35)24(19-18-22-12-6-4-7-13-22)21-28(33)40(37,38)25-15-8-5-9-16-25/h4-17,21,24,27,29,34H,18-20,33H2,1-3H3/t24-,27?,29-/m0/s1. The number of aryl methyl sites for hydroxylation is 1. The minimum atomic E-state index is -3.98. The summed E-state index contributed by atoms with van der Waals surface area (Å²) >= 11 is 0. The van der Waals surface area contributed by atoms with Crippen LogP contribution < -0.4 is 11.1 Å². The number of nitrogens with two attached hydrogens (primary N) is 1. The zero-order valence-electron chi connectivity index (χ0n) is 23.0. The van der Waals surface area contributed by atoms with E-state index in [1.807, 2.05) is 54.6 Å². The van der Waals surface area contributed by atoms with Gasteiger partial charge in [0.2, 0.25) is 9.84 Å². The topological polar surface area (TPSA) is 116 Å². The van der Waals surface area contributed by atoms with Gasteiger partial charge in [0.1, 0.15) is 16.7 Å². The quantitative estimate of drug-likeness (QED) is 0.365. The van der Waals surface area contributed by atoms with Crippen LogP contribution >= 0.6 is 0 Å². The summed E-state index contributed by atoms with van der Waals surface area (Å²) < 4.78 is 32.1. The molecule has 3 N–H and O–H groups in total. The van der Waals surface area contributed by atoms with Crippen molar-refractivity contribution in [3.63, 3.8) is 0 Å². The third-order valence-electron chi connectivity index (χ3n) is 6.83. The molecule has 40 heavy (non-hydrogen) atoms. The Balaban J connectivity index is 1.66. The fourth-order valence-corrected chi connectivity index (χ4v) is 6.00. The van der Waals surface area contributed by atoms with Crippen LogP contribution in [0.3, 0.4) is 0 Å². The second kappa shape index (κ2) is 12.2. The number of nitrogens with one attached hydrogen (secondary N) is 1. The Bertz CT molecular complexity index is 1480. The molecule has 1 aliphatic heterocycles. The molecule has 0 saturated heterocycles. The molecule has 0 aliphatic carbocycles. The first kappa shape index (κ1) is 29.2. The van der Waals surface area contributed by atoms with Gasteiger partial charge in [-0.25, -0.2) is 13.2 Å². The predicted molar refractivity (Wildman–Crippen MR) is 155 cm³/mol. The maximum Gasteiger partial charge on any atom is 0.328 e. The molecule has 1 heterocycles. The van der Waals surface area contributed by atoms with E-state index in [-0.39, 0.29) is 15.7 Å². The Morgan fingerprint density at radius 3 is 2.23 bits per heavy atom. The first-order valence-electron chi connectivity index (χ1n) is 13.4. The van der Waals surface area contributed by atoms with Gasteiger partial charge in [-0.3, -0.25) is 10.1 Å². The van der Waals surface area contributed by atoms with Gasteiger partial charge in [0, 0.05) is 5.92 Å². The molecule has 0 amide bonds. The number of Topliss-reactive ketones (excluding diaryl/α,β-unsaturated/α-hetero) is 1. The maximum absolute atomic E-state index is 14.1. The first-order chi connectivity index (χ1) is 19.0. The number of carbonyl (C=O) groups excluding carboxylic acids is 2. The number of allylic oxidation sites excluding steroid dienone is 1. The minimum absolute atomic E-state index is 0.0627. The Morgan fingerprint density at radius 2 is 1.57 bits per heavy atom. The van der Waals surface area contributed by atoms with E-state index >= 15 is 0 Å². The minimum Gasteiger partial charge on any atom is -0.459 e. The number of benzene rings is 3. The molecule has 0 aromatic heterocycles. The van der Waals surface area contributed by atoms with Crippen molar-refractivity contribution in [3.05, 3.63) is 113 Å². The SMILES string of the molecule is CC(C)(C)OC(=O)[C@H]1NC(C(=O)[C@H](C=C(N)S(=O)(=O)c2ccccc2)CCc2ccccc2)Cc2ccccc21. The summed E-state index contributed by atoms with van der Waals surface area (Å²) in [6.45, 7) is 5.38. The van der Waals surface area contributed by atoms with Gasteiger partial charge in [-0.1, -0.05) is 72.8 Å². The molecule has 0 fully saturated rings. The van der Waals surface area contributed by atoms with Crippen LogP contribution in [0.1, 0.15) is 49.9 Å². The second-order valence-electron chi connectivity index (χ2n) is 11.0. The predicted octanol–water partition coefficient (Wildman–Crippen LogP) is 4.68. The van der Waals surface area contributed by atoms with Crippen molar-refractivity contribution in [2.75, 3.05) is 0 Å². The van der Waals surface area contributed by atoms with E-state index in [9.17, 15) is 18.0 Å². The third kappa shape index (κ3) is 7.06. The summed E-state index contributed by atoms with van der Waals surface area (Å²) in [5.41, 5.74) is 8.12. The molecule has 8 heteroatoms. The van der Waals surface area contributed by atoms with Gasteiger partial charge in [0.15, 0.2) is 5.78 Å². The largest absolute Gasteiger partial charge is 0.459 e. The van der Waals surface area contributed by atoms with Gasteiger partial charge in [-0.2, -0.15) is 0 Å². The Labute approximate surface area is 236 Å². The van der Waals surface area contributed by atoms with E-state index in [4.69, 9.17) is 10.5 Å². The lowest BCUT2D eigenvalue weighted by atomic mass is 9.83. The zero-order chi connectivity index (χ0) is 28.9. The lowest BCUT2D eigenvalue weighted by Gasteiger charge is -2.34. The highest BCUT2D eigenvalue weighted by Gasteiger charge is 2.38. The van der Waals surface area contributed by atoms with Crippen molar-refractivity contribution in [2.24, 2.45) is 11.7 Å². The highest BCUT2D eigenvalue weighted by Crippen LogP contribution is 2.30. The molecule has 1 unspecified atom stereocenters. The first-order valence-corrected chi connectivity index (χ1v) is 14.9. The van der Waals surface area contributed by atoms with Gasteiger partial charge < -0.3 is 10.5 Å². The molecule has 0 saturated carbocycles.